The predicted octanol–water partition coefficient (Wildman–Crippen LogP) is 1.99. The van der Waals surface area contributed by atoms with E-state index in [1.54, 1.807) is 12.1 Å². The molecule has 0 saturated carbocycles. The first-order chi connectivity index (χ1) is 10.0. The molecule has 1 amide bonds. The van der Waals surface area contributed by atoms with Gasteiger partial charge in [0.15, 0.2) is 0 Å². The normalized spacial score (nSPS) is 10.1. The van der Waals surface area contributed by atoms with Gasteiger partial charge in [0.1, 0.15) is 5.69 Å². The van der Waals surface area contributed by atoms with Crippen LogP contribution in [-0.4, -0.2) is 25.0 Å². The summed E-state index contributed by atoms with van der Waals surface area (Å²) in [7, 11) is 3.93. The number of aromatic nitrogens is 1. The molecular formula is C15H19N5O. The molecule has 6 heteroatoms. The van der Waals surface area contributed by atoms with Crippen LogP contribution in [0.2, 0.25) is 0 Å². The largest absolute Gasteiger partial charge is 0.377 e. The van der Waals surface area contributed by atoms with Gasteiger partial charge in [-0.3, -0.25) is 10.6 Å². The maximum absolute atomic E-state index is 12.1. The Labute approximate surface area is 123 Å². The molecule has 2 aromatic rings. The molecule has 1 aromatic heterocycles. The molecule has 0 fully saturated rings. The Balaban J connectivity index is 2.17. The number of anilines is 3. The monoisotopic (exact) mass is 285 g/mol. The van der Waals surface area contributed by atoms with E-state index < -0.39 is 0 Å². The van der Waals surface area contributed by atoms with Crippen LogP contribution < -0.4 is 21.5 Å². The average molecular weight is 285 g/mol. The number of nitrogen functional groups attached to an aromatic ring is 1. The molecule has 0 aliphatic rings. The van der Waals surface area contributed by atoms with E-state index in [0.29, 0.717) is 11.4 Å². The van der Waals surface area contributed by atoms with E-state index in [2.05, 4.69) is 15.7 Å². The van der Waals surface area contributed by atoms with Crippen molar-refractivity contribution in [2.75, 3.05) is 29.7 Å². The van der Waals surface area contributed by atoms with Crippen LogP contribution in [-0.2, 0) is 0 Å². The summed E-state index contributed by atoms with van der Waals surface area (Å²) in [6, 6.07) is 9.09. The Morgan fingerprint density at radius 1 is 1.19 bits per heavy atom. The second-order valence-electron chi connectivity index (χ2n) is 4.93. The minimum absolute atomic E-state index is 0.257. The molecule has 0 aliphatic heterocycles. The molecule has 21 heavy (non-hydrogen) atoms. The summed E-state index contributed by atoms with van der Waals surface area (Å²) in [5, 5.41) is 2.84. The van der Waals surface area contributed by atoms with E-state index >= 15 is 0 Å². The van der Waals surface area contributed by atoms with Crippen LogP contribution in [0, 0.1) is 6.92 Å². The van der Waals surface area contributed by atoms with Gasteiger partial charge in [0.2, 0.25) is 0 Å². The first-order valence-electron chi connectivity index (χ1n) is 6.53. The third-order valence-corrected chi connectivity index (χ3v) is 3.11. The lowest BCUT2D eigenvalue weighted by Crippen LogP contribution is -2.15. The number of nitrogens with one attached hydrogen (secondary N) is 2. The van der Waals surface area contributed by atoms with Crippen LogP contribution in [0.3, 0.4) is 0 Å². The number of rotatable bonds is 4. The fourth-order valence-electron chi connectivity index (χ4n) is 1.98. The molecule has 1 aromatic carbocycles. The summed E-state index contributed by atoms with van der Waals surface area (Å²) in [4.78, 5) is 18.2. The SMILES string of the molecule is Cc1ccc(NC(=O)c2ccc(NN)cn2)cc1N(C)C. The molecule has 0 aliphatic carbocycles. The van der Waals surface area contributed by atoms with Gasteiger partial charge >= 0.3 is 0 Å². The maximum atomic E-state index is 12.1. The van der Waals surface area contributed by atoms with E-state index in [4.69, 9.17) is 5.84 Å². The fourth-order valence-corrected chi connectivity index (χ4v) is 1.98. The zero-order chi connectivity index (χ0) is 15.4. The molecule has 1 heterocycles. The van der Waals surface area contributed by atoms with Gasteiger partial charge < -0.3 is 15.6 Å². The summed E-state index contributed by atoms with van der Waals surface area (Å²) in [6.45, 7) is 2.03. The van der Waals surface area contributed by atoms with Crippen molar-refractivity contribution in [2.45, 2.75) is 6.92 Å². The lowest BCUT2D eigenvalue weighted by atomic mass is 10.1. The van der Waals surface area contributed by atoms with E-state index in [1.807, 2.05) is 44.1 Å². The van der Waals surface area contributed by atoms with Gasteiger partial charge in [-0.05, 0) is 36.8 Å². The maximum Gasteiger partial charge on any atom is 0.274 e. The molecule has 0 saturated heterocycles. The van der Waals surface area contributed by atoms with Crippen molar-refractivity contribution in [1.29, 1.82) is 0 Å². The van der Waals surface area contributed by atoms with Crippen molar-refractivity contribution in [1.82, 2.24) is 4.98 Å². The third kappa shape index (κ3) is 3.49. The standard InChI is InChI=1S/C15H19N5O/c1-10-4-5-11(8-14(10)20(2)3)18-15(21)13-7-6-12(19-16)9-17-13/h4-9,19H,16H2,1-3H3,(H,18,21). The Morgan fingerprint density at radius 3 is 2.48 bits per heavy atom. The second kappa shape index (κ2) is 6.23. The first kappa shape index (κ1) is 14.8. The van der Waals surface area contributed by atoms with Crippen LogP contribution in [0.25, 0.3) is 0 Å². The number of hydrogen-bond donors (Lipinski definition) is 3. The fraction of sp³-hybridized carbons (Fsp3) is 0.200. The summed E-state index contributed by atoms with van der Waals surface area (Å²) >= 11 is 0. The molecule has 110 valence electrons. The number of nitrogens with zero attached hydrogens (tertiary/aromatic N) is 2. The van der Waals surface area contributed by atoms with Gasteiger partial charge in [-0.25, -0.2) is 4.98 Å². The first-order valence-corrected chi connectivity index (χ1v) is 6.53. The zero-order valence-electron chi connectivity index (χ0n) is 12.3. The summed E-state index contributed by atoms with van der Waals surface area (Å²) in [6.07, 6.45) is 1.51. The quantitative estimate of drug-likeness (QED) is 0.591. The average Bonchev–Trinajstić information content (AvgIpc) is 2.49. The highest BCUT2D eigenvalue weighted by Crippen LogP contribution is 2.22. The molecule has 0 spiro atoms. The minimum atomic E-state index is -0.257. The summed E-state index contributed by atoms with van der Waals surface area (Å²) in [5.74, 6) is 5.01. The Kier molecular flexibility index (Phi) is 4.39. The number of benzene rings is 1. The number of hydrogen-bond acceptors (Lipinski definition) is 5. The topological polar surface area (TPSA) is 83.3 Å². The van der Waals surface area contributed by atoms with Crippen LogP contribution in [0.5, 0.6) is 0 Å². The molecule has 6 nitrogen and oxygen atoms in total. The van der Waals surface area contributed by atoms with Crippen LogP contribution >= 0.6 is 0 Å². The van der Waals surface area contributed by atoms with Gasteiger partial charge in [-0.15, -0.1) is 0 Å². The van der Waals surface area contributed by atoms with E-state index in [9.17, 15) is 4.79 Å². The molecule has 2 rings (SSSR count). The van der Waals surface area contributed by atoms with Gasteiger partial charge in [0.25, 0.3) is 5.91 Å². The number of carbonyl (C=O) groups excluding carboxylic acids is 1. The molecule has 0 atom stereocenters. The van der Waals surface area contributed by atoms with Crippen molar-refractivity contribution in [3.63, 3.8) is 0 Å². The number of nitrogens with two attached hydrogens (primary N) is 1. The van der Waals surface area contributed by atoms with Gasteiger partial charge in [-0.2, -0.15) is 0 Å². The smallest absolute Gasteiger partial charge is 0.274 e. The Hall–Kier alpha value is -2.60. The minimum Gasteiger partial charge on any atom is -0.377 e. The second-order valence-corrected chi connectivity index (χ2v) is 4.93. The van der Waals surface area contributed by atoms with Gasteiger partial charge in [-0.1, -0.05) is 6.07 Å². The number of pyridine rings is 1. The van der Waals surface area contributed by atoms with Crippen molar-refractivity contribution < 1.29 is 4.79 Å². The third-order valence-electron chi connectivity index (χ3n) is 3.11. The molecule has 4 N–H and O–H groups in total. The Morgan fingerprint density at radius 2 is 1.90 bits per heavy atom. The van der Waals surface area contributed by atoms with E-state index in [-0.39, 0.29) is 5.91 Å². The van der Waals surface area contributed by atoms with Crippen molar-refractivity contribution >= 4 is 23.0 Å². The van der Waals surface area contributed by atoms with Crippen LogP contribution in [0.4, 0.5) is 17.1 Å². The van der Waals surface area contributed by atoms with Crippen molar-refractivity contribution in [2.24, 2.45) is 5.84 Å². The highest BCUT2D eigenvalue weighted by Gasteiger charge is 2.09. The predicted molar refractivity (Wildman–Crippen MR) is 85.5 cm³/mol. The lowest BCUT2D eigenvalue weighted by Gasteiger charge is -2.17. The summed E-state index contributed by atoms with van der Waals surface area (Å²) in [5.41, 5.74) is 6.39. The van der Waals surface area contributed by atoms with E-state index in [1.165, 1.54) is 6.20 Å². The van der Waals surface area contributed by atoms with Gasteiger partial charge in [0, 0.05) is 25.5 Å². The van der Waals surface area contributed by atoms with E-state index in [0.717, 1.165) is 16.9 Å². The zero-order valence-corrected chi connectivity index (χ0v) is 12.3. The van der Waals surface area contributed by atoms with Crippen LogP contribution in [0.1, 0.15) is 16.1 Å². The lowest BCUT2D eigenvalue weighted by molar-refractivity contribution is 0.102. The number of amides is 1. The molecular weight excluding hydrogens is 266 g/mol. The summed E-state index contributed by atoms with van der Waals surface area (Å²) < 4.78 is 0. The number of carbonyl (C=O) groups is 1. The highest BCUT2D eigenvalue weighted by atomic mass is 16.1. The van der Waals surface area contributed by atoms with Crippen LogP contribution in [0.15, 0.2) is 36.5 Å². The molecule has 0 radical (unpaired) electrons. The molecule has 0 unspecified atom stereocenters. The molecule has 0 bridgehead atoms. The van der Waals surface area contributed by atoms with Gasteiger partial charge in [0.05, 0.1) is 11.9 Å². The number of hydrazine groups is 1. The van der Waals surface area contributed by atoms with Crippen molar-refractivity contribution in [3.8, 4) is 0 Å². The highest BCUT2D eigenvalue weighted by molar-refractivity contribution is 6.03. The number of aryl methyl sites for hydroxylation is 1. The Bertz CT molecular complexity index is 637. The van der Waals surface area contributed by atoms with Crippen molar-refractivity contribution in [3.05, 3.63) is 47.8 Å².